The van der Waals surface area contributed by atoms with E-state index in [1.54, 1.807) is 7.11 Å². The van der Waals surface area contributed by atoms with Gasteiger partial charge in [0.2, 0.25) is 0 Å². The summed E-state index contributed by atoms with van der Waals surface area (Å²) in [5.74, 6) is 1.23. The minimum absolute atomic E-state index is 0.00784. The number of ether oxygens (including phenoxy) is 1. The highest BCUT2D eigenvalue weighted by molar-refractivity contribution is 6.34. The molecular weight excluding hydrogens is 262 g/mol. The fourth-order valence-corrected chi connectivity index (χ4v) is 2.68. The number of hydrogen-bond acceptors (Lipinski definition) is 3. The molecule has 4 heteroatoms. The minimum Gasteiger partial charge on any atom is -0.458 e. The third-order valence-corrected chi connectivity index (χ3v) is 3.69. The zero-order valence-corrected chi connectivity index (χ0v) is 12.5. The summed E-state index contributed by atoms with van der Waals surface area (Å²) in [6.45, 7) is 4.27. The van der Waals surface area contributed by atoms with E-state index >= 15 is 0 Å². The number of methoxy groups -OCH3 is 1. The van der Waals surface area contributed by atoms with Gasteiger partial charge in [0.25, 0.3) is 0 Å². The number of benzene rings is 1. The Morgan fingerprint density at radius 3 is 2.58 bits per heavy atom. The second kappa shape index (κ2) is 5.95. The molecule has 0 amide bonds. The van der Waals surface area contributed by atoms with Crippen molar-refractivity contribution >= 4 is 22.6 Å². The number of rotatable bonds is 5. The Balaban J connectivity index is 2.43. The molecule has 104 valence electrons. The third-order valence-electron chi connectivity index (χ3n) is 3.39. The quantitative estimate of drug-likeness (QED) is 0.899. The Kier molecular flexibility index (Phi) is 4.50. The maximum Gasteiger partial charge on any atom is 0.152 e. The lowest BCUT2D eigenvalue weighted by Gasteiger charge is -2.27. The number of fused-ring (bicyclic) bond motifs is 1. The first kappa shape index (κ1) is 14.4. The first-order chi connectivity index (χ1) is 9.08. The van der Waals surface area contributed by atoms with Crippen molar-refractivity contribution < 1.29 is 9.15 Å². The summed E-state index contributed by atoms with van der Waals surface area (Å²) in [6, 6.07) is 7.79. The fourth-order valence-electron chi connectivity index (χ4n) is 2.46. The Bertz CT molecular complexity index is 550. The van der Waals surface area contributed by atoms with Gasteiger partial charge in [0.15, 0.2) is 5.58 Å². The predicted molar refractivity (Wildman–Crippen MR) is 78.7 cm³/mol. The molecule has 0 aliphatic heterocycles. The van der Waals surface area contributed by atoms with E-state index in [1.165, 1.54) is 0 Å². The van der Waals surface area contributed by atoms with Crippen LogP contribution in [-0.4, -0.2) is 20.3 Å². The maximum absolute atomic E-state index is 6.15. The van der Waals surface area contributed by atoms with Crippen molar-refractivity contribution in [2.75, 3.05) is 14.2 Å². The Morgan fingerprint density at radius 2 is 2.05 bits per heavy atom. The summed E-state index contributed by atoms with van der Waals surface area (Å²) in [4.78, 5) is 0. The summed E-state index contributed by atoms with van der Waals surface area (Å²) in [5, 5.41) is 4.92. The van der Waals surface area contributed by atoms with E-state index in [0.717, 1.165) is 16.7 Å². The van der Waals surface area contributed by atoms with Crippen LogP contribution in [0.15, 0.2) is 28.7 Å². The molecule has 19 heavy (non-hydrogen) atoms. The Morgan fingerprint density at radius 1 is 1.32 bits per heavy atom. The number of nitrogens with one attached hydrogen (secondary N) is 1. The molecule has 1 N–H and O–H groups in total. The van der Waals surface area contributed by atoms with Crippen molar-refractivity contribution in [3.05, 3.63) is 35.0 Å². The van der Waals surface area contributed by atoms with Crippen molar-refractivity contribution in [3.8, 4) is 0 Å². The van der Waals surface area contributed by atoms with Gasteiger partial charge in [-0.1, -0.05) is 37.6 Å². The van der Waals surface area contributed by atoms with Gasteiger partial charge in [0.05, 0.1) is 17.2 Å². The summed E-state index contributed by atoms with van der Waals surface area (Å²) in [7, 11) is 3.64. The van der Waals surface area contributed by atoms with Gasteiger partial charge in [-0.3, -0.25) is 0 Å². The lowest BCUT2D eigenvalue weighted by molar-refractivity contribution is 0.0292. The standard InChI is InChI=1S/C15H20ClNO2/c1-9(2)14(18-4)13(17-3)12-8-10-6-5-7-11(16)15(10)19-12/h5-9,13-14,17H,1-4H3. The van der Waals surface area contributed by atoms with Crippen LogP contribution in [0.2, 0.25) is 5.02 Å². The molecule has 2 atom stereocenters. The van der Waals surface area contributed by atoms with Crippen LogP contribution in [0.3, 0.4) is 0 Å². The number of para-hydroxylation sites is 1. The van der Waals surface area contributed by atoms with Crippen molar-refractivity contribution in [2.24, 2.45) is 5.92 Å². The summed E-state index contributed by atoms with van der Waals surface area (Å²) in [5.41, 5.74) is 0.734. The molecule has 0 saturated heterocycles. The van der Waals surface area contributed by atoms with Crippen molar-refractivity contribution in [2.45, 2.75) is 26.0 Å². The number of likely N-dealkylation sites (N-methyl/N-ethyl adjacent to an activating group) is 1. The zero-order valence-electron chi connectivity index (χ0n) is 11.7. The average molecular weight is 282 g/mol. The molecule has 1 heterocycles. The smallest absolute Gasteiger partial charge is 0.152 e. The minimum atomic E-state index is 0.00784. The van der Waals surface area contributed by atoms with Gasteiger partial charge in [0.1, 0.15) is 5.76 Å². The maximum atomic E-state index is 6.15. The van der Waals surface area contributed by atoms with Crippen LogP contribution in [0.25, 0.3) is 11.0 Å². The van der Waals surface area contributed by atoms with Gasteiger partial charge < -0.3 is 14.5 Å². The second-order valence-electron chi connectivity index (χ2n) is 5.02. The number of halogens is 1. The van der Waals surface area contributed by atoms with E-state index in [2.05, 4.69) is 19.2 Å². The van der Waals surface area contributed by atoms with Crippen LogP contribution in [0.1, 0.15) is 25.6 Å². The molecule has 0 saturated carbocycles. The Labute approximate surface area is 118 Å². The lowest BCUT2D eigenvalue weighted by atomic mass is 9.97. The van der Waals surface area contributed by atoms with E-state index in [0.29, 0.717) is 10.9 Å². The highest BCUT2D eigenvalue weighted by Gasteiger charge is 2.27. The summed E-state index contributed by atoms with van der Waals surface area (Å²) < 4.78 is 11.5. The summed E-state index contributed by atoms with van der Waals surface area (Å²) in [6.07, 6.45) is 0.0457. The second-order valence-corrected chi connectivity index (χ2v) is 5.42. The van der Waals surface area contributed by atoms with E-state index in [-0.39, 0.29) is 12.1 Å². The molecule has 2 aromatic rings. The van der Waals surface area contributed by atoms with Gasteiger partial charge in [-0.2, -0.15) is 0 Å². The number of furan rings is 1. The van der Waals surface area contributed by atoms with Gasteiger partial charge in [-0.05, 0) is 25.1 Å². The van der Waals surface area contributed by atoms with Gasteiger partial charge in [0, 0.05) is 12.5 Å². The molecule has 0 aliphatic rings. The molecule has 0 radical (unpaired) electrons. The first-order valence-electron chi connectivity index (χ1n) is 6.46. The van der Waals surface area contributed by atoms with Gasteiger partial charge >= 0.3 is 0 Å². The molecular formula is C15H20ClNO2. The zero-order chi connectivity index (χ0) is 14.0. The molecule has 0 fully saturated rings. The topological polar surface area (TPSA) is 34.4 Å². The molecule has 0 bridgehead atoms. The van der Waals surface area contributed by atoms with Crippen LogP contribution >= 0.6 is 11.6 Å². The monoisotopic (exact) mass is 281 g/mol. The van der Waals surface area contributed by atoms with Crippen molar-refractivity contribution in [1.82, 2.24) is 5.32 Å². The van der Waals surface area contributed by atoms with Crippen LogP contribution < -0.4 is 5.32 Å². The molecule has 1 aromatic carbocycles. The molecule has 2 unspecified atom stereocenters. The van der Waals surface area contributed by atoms with E-state index in [9.17, 15) is 0 Å². The third kappa shape index (κ3) is 2.78. The van der Waals surface area contributed by atoms with Crippen LogP contribution in [-0.2, 0) is 4.74 Å². The molecule has 0 spiro atoms. The van der Waals surface area contributed by atoms with E-state index in [4.69, 9.17) is 20.8 Å². The Hall–Kier alpha value is -1.03. The SMILES string of the molecule is CNC(c1cc2cccc(Cl)c2o1)C(OC)C(C)C. The van der Waals surface area contributed by atoms with E-state index in [1.807, 2.05) is 31.3 Å². The van der Waals surface area contributed by atoms with Crippen molar-refractivity contribution in [1.29, 1.82) is 0 Å². The average Bonchev–Trinajstić information content (AvgIpc) is 2.80. The predicted octanol–water partition coefficient (Wildman–Crippen LogP) is 4.02. The molecule has 1 aromatic heterocycles. The molecule has 3 nitrogen and oxygen atoms in total. The van der Waals surface area contributed by atoms with Crippen LogP contribution in [0.5, 0.6) is 0 Å². The van der Waals surface area contributed by atoms with Crippen LogP contribution in [0.4, 0.5) is 0 Å². The number of hydrogen-bond donors (Lipinski definition) is 1. The lowest BCUT2D eigenvalue weighted by Crippen LogP contribution is -2.34. The molecule has 0 aliphatic carbocycles. The van der Waals surface area contributed by atoms with Gasteiger partial charge in [-0.25, -0.2) is 0 Å². The normalized spacial score (nSPS) is 15.1. The van der Waals surface area contributed by atoms with Crippen molar-refractivity contribution in [3.63, 3.8) is 0 Å². The highest BCUT2D eigenvalue weighted by atomic mass is 35.5. The summed E-state index contributed by atoms with van der Waals surface area (Å²) >= 11 is 6.15. The largest absolute Gasteiger partial charge is 0.458 e. The van der Waals surface area contributed by atoms with Gasteiger partial charge in [-0.15, -0.1) is 0 Å². The molecule has 2 rings (SSSR count). The first-order valence-corrected chi connectivity index (χ1v) is 6.84. The fraction of sp³-hybridized carbons (Fsp3) is 0.467. The van der Waals surface area contributed by atoms with E-state index < -0.39 is 0 Å². The highest BCUT2D eigenvalue weighted by Crippen LogP contribution is 2.32. The van der Waals surface area contributed by atoms with Crippen LogP contribution in [0, 0.1) is 5.92 Å².